The lowest BCUT2D eigenvalue weighted by atomic mass is 9.88. The molecule has 2 aromatic heterocycles. The smallest absolute Gasteiger partial charge is 0.355 e. The number of fused-ring (bicyclic) bond motifs is 2. The van der Waals surface area contributed by atoms with E-state index < -0.39 is 5.97 Å². The Bertz CT molecular complexity index is 1400. The zero-order chi connectivity index (χ0) is 21.5. The van der Waals surface area contributed by atoms with E-state index in [9.17, 15) is 10.1 Å². The second-order valence-corrected chi connectivity index (χ2v) is 9.18. The molecule has 3 heterocycles. The van der Waals surface area contributed by atoms with Crippen LogP contribution in [0.1, 0.15) is 26.0 Å². The van der Waals surface area contributed by atoms with Crippen molar-refractivity contribution in [3.05, 3.63) is 91.8 Å². The Morgan fingerprint density at radius 2 is 2.03 bits per heavy atom. The van der Waals surface area contributed by atoms with E-state index >= 15 is 0 Å². The van der Waals surface area contributed by atoms with Crippen LogP contribution in [0.25, 0.3) is 10.1 Å². The molecular weight excluding hydrogens is 452 g/mol. The van der Waals surface area contributed by atoms with E-state index in [1.807, 2.05) is 41.8 Å². The van der Waals surface area contributed by atoms with Gasteiger partial charge in [0.1, 0.15) is 28.0 Å². The van der Waals surface area contributed by atoms with Gasteiger partial charge in [0.15, 0.2) is 0 Å². The fraction of sp³-hybridized carbons (Fsp3) is 0.0435. The van der Waals surface area contributed by atoms with Gasteiger partial charge in [-0.1, -0.05) is 41.9 Å². The molecule has 2 aromatic carbocycles. The maximum Gasteiger partial charge on any atom is 0.355 e. The van der Waals surface area contributed by atoms with Crippen molar-refractivity contribution in [1.82, 2.24) is 0 Å². The minimum atomic E-state index is -0.544. The zero-order valence-corrected chi connectivity index (χ0v) is 18.2. The van der Waals surface area contributed by atoms with Gasteiger partial charge in [0.2, 0.25) is 5.88 Å². The third-order valence-corrected chi connectivity index (χ3v) is 7.54. The third kappa shape index (κ3) is 3.35. The Balaban J connectivity index is 1.49. The molecule has 1 atom stereocenters. The van der Waals surface area contributed by atoms with Crippen LogP contribution in [0.4, 0.5) is 0 Å². The molecule has 0 saturated heterocycles. The number of nitriles is 1. The number of esters is 1. The van der Waals surface area contributed by atoms with Crippen LogP contribution in [0.5, 0.6) is 11.5 Å². The zero-order valence-electron chi connectivity index (χ0n) is 15.8. The van der Waals surface area contributed by atoms with Gasteiger partial charge in [0.25, 0.3) is 0 Å². The summed E-state index contributed by atoms with van der Waals surface area (Å²) < 4.78 is 12.2. The van der Waals surface area contributed by atoms with E-state index in [0.29, 0.717) is 27.0 Å². The second-order valence-electron chi connectivity index (χ2n) is 6.77. The molecule has 0 bridgehead atoms. The Morgan fingerprint density at radius 1 is 1.19 bits per heavy atom. The van der Waals surface area contributed by atoms with Crippen LogP contribution in [-0.4, -0.2) is 5.97 Å². The lowest BCUT2D eigenvalue weighted by molar-refractivity contribution is 0.0740. The molecule has 5 nitrogen and oxygen atoms in total. The summed E-state index contributed by atoms with van der Waals surface area (Å²) in [4.78, 5) is 14.1. The SMILES string of the molecule is N#CC1=C(N)Oc2cc(OC(=O)c3sc4ccccc4c3Cl)ccc2C1c1cccs1. The first kappa shape index (κ1) is 19.6. The van der Waals surface area contributed by atoms with Crippen molar-refractivity contribution in [1.29, 1.82) is 5.26 Å². The van der Waals surface area contributed by atoms with Crippen molar-refractivity contribution in [3.8, 4) is 17.6 Å². The highest BCUT2D eigenvalue weighted by Gasteiger charge is 2.31. The molecule has 0 aliphatic carbocycles. The van der Waals surface area contributed by atoms with E-state index in [1.54, 1.807) is 18.2 Å². The van der Waals surface area contributed by atoms with Gasteiger partial charge >= 0.3 is 5.97 Å². The van der Waals surface area contributed by atoms with Crippen molar-refractivity contribution in [2.75, 3.05) is 0 Å². The normalized spacial score (nSPS) is 15.3. The molecule has 1 unspecified atom stereocenters. The Hall–Kier alpha value is -3.31. The van der Waals surface area contributed by atoms with Gasteiger partial charge in [-0.2, -0.15) is 5.26 Å². The molecule has 0 radical (unpaired) electrons. The van der Waals surface area contributed by atoms with E-state index in [4.69, 9.17) is 26.8 Å². The quantitative estimate of drug-likeness (QED) is 0.294. The molecule has 0 saturated carbocycles. The lowest BCUT2D eigenvalue weighted by Crippen LogP contribution is -2.20. The molecule has 0 amide bonds. The van der Waals surface area contributed by atoms with Crippen molar-refractivity contribution < 1.29 is 14.3 Å². The van der Waals surface area contributed by atoms with Crippen LogP contribution in [0.15, 0.2) is 71.4 Å². The van der Waals surface area contributed by atoms with E-state index in [1.165, 1.54) is 22.7 Å². The number of nitrogens with zero attached hydrogens (tertiary/aromatic N) is 1. The second kappa shape index (κ2) is 7.75. The highest BCUT2D eigenvalue weighted by atomic mass is 35.5. The monoisotopic (exact) mass is 464 g/mol. The summed E-state index contributed by atoms with van der Waals surface area (Å²) in [5.74, 6) is -0.0731. The van der Waals surface area contributed by atoms with E-state index in [2.05, 4.69) is 6.07 Å². The summed E-state index contributed by atoms with van der Waals surface area (Å²) in [5, 5.41) is 12.7. The van der Waals surface area contributed by atoms with Gasteiger partial charge < -0.3 is 15.2 Å². The number of rotatable bonds is 3. The predicted molar refractivity (Wildman–Crippen MR) is 122 cm³/mol. The van der Waals surface area contributed by atoms with Gasteiger partial charge in [-0.15, -0.1) is 22.7 Å². The maximum absolute atomic E-state index is 12.8. The lowest BCUT2D eigenvalue weighted by Gasteiger charge is -2.25. The molecule has 0 fully saturated rings. The minimum absolute atomic E-state index is 0.0458. The largest absolute Gasteiger partial charge is 0.440 e. The fourth-order valence-corrected chi connectivity index (χ4v) is 5.78. The maximum atomic E-state index is 12.8. The first-order valence-corrected chi connectivity index (χ1v) is 11.3. The molecule has 4 aromatic rings. The first-order chi connectivity index (χ1) is 15.1. The predicted octanol–water partition coefficient (Wildman–Crippen LogP) is 6.05. The number of benzene rings is 2. The molecule has 2 N–H and O–H groups in total. The summed E-state index contributed by atoms with van der Waals surface area (Å²) >= 11 is 9.21. The van der Waals surface area contributed by atoms with E-state index in [0.717, 1.165) is 20.5 Å². The molecular formula is C23H13ClN2O3S2. The van der Waals surface area contributed by atoms with Crippen molar-refractivity contribution in [3.63, 3.8) is 0 Å². The number of allylic oxidation sites excluding steroid dienone is 1. The molecule has 1 aliphatic heterocycles. The number of thiophene rings is 2. The van der Waals surface area contributed by atoms with E-state index in [-0.39, 0.29) is 11.8 Å². The number of hydrogen-bond acceptors (Lipinski definition) is 7. The van der Waals surface area contributed by atoms with Gasteiger partial charge in [-0.3, -0.25) is 0 Å². The molecule has 1 aliphatic rings. The number of ether oxygens (including phenoxy) is 2. The number of nitrogens with two attached hydrogens (primary N) is 1. The van der Waals surface area contributed by atoms with Gasteiger partial charge in [-0.25, -0.2) is 4.79 Å². The van der Waals surface area contributed by atoms with Crippen LogP contribution in [0.3, 0.4) is 0 Å². The fourth-order valence-electron chi connectivity index (χ4n) is 3.55. The van der Waals surface area contributed by atoms with Crippen LogP contribution in [-0.2, 0) is 0 Å². The van der Waals surface area contributed by atoms with Crippen LogP contribution in [0.2, 0.25) is 5.02 Å². The summed E-state index contributed by atoms with van der Waals surface area (Å²) in [5.41, 5.74) is 7.17. The van der Waals surface area contributed by atoms with Crippen LogP contribution in [0, 0.1) is 11.3 Å². The summed E-state index contributed by atoms with van der Waals surface area (Å²) in [7, 11) is 0. The topological polar surface area (TPSA) is 85.3 Å². The van der Waals surface area contributed by atoms with Crippen molar-refractivity contribution in [2.24, 2.45) is 5.73 Å². The molecule has 152 valence electrons. The third-order valence-electron chi connectivity index (χ3n) is 4.95. The molecule has 5 rings (SSSR count). The average molecular weight is 465 g/mol. The molecule has 8 heteroatoms. The summed E-state index contributed by atoms with van der Waals surface area (Å²) in [6.45, 7) is 0. The Kier molecular flexibility index (Phi) is 4.91. The standard InChI is InChI=1S/C23H13ClN2O3S2/c24-20-14-4-1-2-5-17(14)31-21(20)23(27)28-12-7-8-13-16(10-12)29-22(26)15(11-25)19(13)18-6-3-9-30-18/h1-10,19H,26H2. The highest BCUT2D eigenvalue weighted by molar-refractivity contribution is 7.21. The highest BCUT2D eigenvalue weighted by Crippen LogP contribution is 2.45. The van der Waals surface area contributed by atoms with Crippen LogP contribution < -0.4 is 15.2 Å². The van der Waals surface area contributed by atoms with Crippen molar-refractivity contribution in [2.45, 2.75) is 5.92 Å². The van der Waals surface area contributed by atoms with Crippen molar-refractivity contribution >= 4 is 50.3 Å². The van der Waals surface area contributed by atoms with Crippen LogP contribution >= 0.6 is 34.3 Å². The van der Waals surface area contributed by atoms with Gasteiger partial charge in [-0.05, 0) is 23.6 Å². The molecule has 0 spiro atoms. The van der Waals surface area contributed by atoms with Gasteiger partial charge in [0, 0.05) is 26.6 Å². The Labute approximate surface area is 190 Å². The Morgan fingerprint density at radius 3 is 2.77 bits per heavy atom. The number of carbonyl (C=O) groups is 1. The molecule has 31 heavy (non-hydrogen) atoms. The number of carbonyl (C=O) groups excluding carboxylic acids is 1. The number of hydrogen-bond donors (Lipinski definition) is 1. The first-order valence-electron chi connectivity index (χ1n) is 9.21. The number of halogens is 1. The summed E-state index contributed by atoms with van der Waals surface area (Å²) in [6.07, 6.45) is 0. The average Bonchev–Trinajstić information content (AvgIpc) is 3.41. The summed E-state index contributed by atoms with van der Waals surface area (Å²) in [6, 6.07) is 18.6. The van der Waals surface area contributed by atoms with Gasteiger partial charge in [0.05, 0.1) is 10.9 Å². The minimum Gasteiger partial charge on any atom is -0.440 e.